The highest BCUT2D eigenvalue weighted by Crippen LogP contribution is 2.24. The van der Waals surface area contributed by atoms with E-state index in [1.165, 1.54) is 11.3 Å². The number of rotatable bonds is 4. The minimum absolute atomic E-state index is 0.106. The SMILES string of the molecule is CC(C)(NC(=O)c1cccs1)c1n[nH]c([C@H]2CCOC2)n1. The molecule has 3 rings (SSSR count). The summed E-state index contributed by atoms with van der Waals surface area (Å²) in [7, 11) is 0. The van der Waals surface area contributed by atoms with Crippen LogP contribution in [0.1, 0.15) is 47.5 Å². The van der Waals surface area contributed by atoms with Crippen molar-refractivity contribution in [3.63, 3.8) is 0 Å². The molecule has 0 spiro atoms. The fraction of sp³-hybridized carbons (Fsp3) is 0.500. The van der Waals surface area contributed by atoms with Gasteiger partial charge in [-0.05, 0) is 31.7 Å². The third-order valence-electron chi connectivity index (χ3n) is 3.55. The van der Waals surface area contributed by atoms with Crippen LogP contribution < -0.4 is 5.32 Å². The van der Waals surface area contributed by atoms with Crippen molar-refractivity contribution in [2.45, 2.75) is 31.7 Å². The first-order valence-electron chi connectivity index (χ1n) is 6.93. The molecular formula is C14H18N4O2S. The summed E-state index contributed by atoms with van der Waals surface area (Å²) < 4.78 is 5.36. The Bertz CT molecular complexity index is 615. The second kappa shape index (κ2) is 5.57. The minimum Gasteiger partial charge on any atom is -0.381 e. The standard InChI is InChI=1S/C14H18N4O2S/c1-14(2,16-12(19)10-4-3-7-21-10)13-15-11(17-18-13)9-5-6-20-8-9/h3-4,7,9H,5-6,8H2,1-2H3,(H,16,19)(H,15,17,18)/t9-/m0/s1. The summed E-state index contributed by atoms with van der Waals surface area (Å²) in [5.41, 5.74) is -0.630. The van der Waals surface area contributed by atoms with Crippen molar-refractivity contribution in [3.8, 4) is 0 Å². The van der Waals surface area contributed by atoms with E-state index in [1.807, 2.05) is 25.3 Å². The highest BCUT2D eigenvalue weighted by molar-refractivity contribution is 7.12. The average molecular weight is 306 g/mol. The van der Waals surface area contributed by atoms with E-state index in [-0.39, 0.29) is 11.8 Å². The number of H-pyrrole nitrogens is 1. The second-order valence-corrected chi connectivity index (χ2v) is 6.61. The second-order valence-electron chi connectivity index (χ2n) is 5.66. The van der Waals surface area contributed by atoms with Crippen molar-refractivity contribution < 1.29 is 9.53 Å². The van der Waals surface area contributed by atoms with Gasteiger partial charge in [-0.3, -0.25) is 9.89 Å². The number of hydrogen-bond acceptors (Lipinski definition) is 5. The van der Waals surface area contributed by atoms with Crippen molar-refractivity contribution in [1.29, 1.82) is 0 Å². The lowest BCUT2D eigenvalue weighted by Crippen LogP contribution is -2.41. The molecule has 6 nitrogen and oxygen atoms in total. The van der Waals surface area contributed by atoms with Gasteiger partial charge in [-0.15, -0.1) is 11.3 Å². The zero-order valence-electron chi connectivity index (χ0n) is 12.0. The van der Waals surface area contributed by atoms with Gasteiger partial charge >= 0.3 is 0 Å². The number of ether oxygens (including phenoxy) is 1. The van der Waals surface area contributed by atoms with E-state index in [9.17, 15) is 4.79 Å². The number of aromatic nitrogens is 3. The van der Waals surface area contributed by atoms with E-state index in [2.05, 4.69) is 20.5 Å². The summed E-state index contributed by atoms with van der Waals surface area (Å²) in [5, 5.41) is 12.1. The first kappa shape index (κ1) is 14.2. The molecule has 0 aromatic carbocycles. The minimum atomic E-state index is -0.630. The van der Waals surface area contributed by atoms with Gasteiger partial charge in [-0.1, -0.05) is 6.07 Å². The van der Waals surface area contributed by atoms with Crippen LogP contribution in [-0.2, 0) is 10.3 Å². The van der Waals surface area contributed by atoms with Crippen molar-refractivity contribution in [1.82, 2.24) is 20.5 Å². The molecule has 0 radical (unpaired) electrons. The molecule has 0 saturated carbocycles. The quantitative estimate of drug-likeness (QED) is 0.906. The Labute approximate surface area is 126 Å². The first-order chi connectivity index (χ1) is 10.1. The third-order valence-corrected chi connectivity index (χ3v) is 4.42. The maximum absolute atomic E-state index is 12.2. The molecule has 2 N–H and O–H groups in total. The van der Waals surface area contributed by atoms with Gasteiger partial charge < -0.3 is 10.1 Å². The Kier molecular flexibility index (Phi) is 3.77. The molecule has 0 aliphatic carbocycles. The largest absolute Gasteiger partial charge is 0.381 e. The van der Waals surface area contributed by atoms with Gasteiger partial charge in [-0.2, -0.15) is 5.10 Å². The van der Waals surface area contributed by atoms with Crippen LogP contribution >= 0.6 is 11.3 Å². The van der Waals surface area contributed by atoms with Crippen LogP contribution in [0.25, 0.3) is 0 Å². The molecule has 1 amide bonds. The number of nitrogens with zero attached hydrogens (tertiary/aromatic N) is 2. The van der Waals surface area contributed by atoms with Crippen molar-refractivity contribution in [3.05, 3.63) is 34.0 Å². The number of aromatic amines is 1. The zero-order valence-corrected chi connectivity index (χ0v) is 12.9. The van der Waals surface area contributed by atoms with Crippen molar-refractivity contribution in [2.75, 3.05) is 13.2 Å². The van der Waals surface area contributed by atoms with Gasteiger partial charge in [-0.25, -0.2) is 4.98 Å². The lowest BCUT2D eigenvalue weighted by Gasteiger charge is -2.22. The molecular weight excluding hydrogens is 288 g/mol. The molecule has 3 heterocycles. The predicted molar refractivity (Wildman–Crippen MR) is 79.4 cm³/mol. The third kappa shape index (κ3) is 2.98. The molecule has 7 heteroatoms. The maximum atomic E-state index is 12.2. The molecule has 1 aliphatic rings. The average Bonchev–Trinajstić information content (AvgIpc) is 3.19. The van der Waals surface area contributed by atoms with Crippen LogP contribution in [0.2, 0.25) is 0 Å². The lowest BCUT2D eigenvalue weighted by atomic mass is 10.0. The van der Waals surface area contributed by atoms with Gasteiger partial charge in [0.25, 0.3) is 5.91 Å². The Hall–Kier alpha value is -1.73. The smallest absolute Gasteiger partial charge is 0.262 e. The first-order valence-corrected chi connectivity index (χ1v) is 7.81. The molecule has 1 atom stereocenters. The molecule has 2 aromatic rings. The summed E-state index contributed by atoms with van der Waals surface area (Å²) in [5.74, 6) is 1.59. The lowest BCUT2D eigenvalue weighted by molar-refractivity contribution is 0.0912. The number of amides is 1. The van der Waals surface area contributed by atoms with Crippen LogP contribution in [0, 0.1) is 0 Å². The monoisotopic (exact) mass is 306 g/mol. The van der Waals surface area contributed by atoms with Crippen molar-refractivity contribution >= 4 is 17.2 Å². The van der Waals surface area contributed by atoms with Gasteiger partial charge in [0.05, 0.1) is 17.0 Å². The molecule has 2 aromatic heterocycles. The summed E-state index contributed by atoms with van der Waals surface area (Å²) in [4.78, 5) is 17.4. The molecule has 0 bridgehead atoms. The number of nitrogens with one attached hydrogen (secondary N) is 2. The normalized spacial score (nSPS) is 18.9. The van der Waals surface area contributed by atoms with Gasteiger partial charge in [0.2, 0.25) is 0 Å². The molecule has 1 fully saturated rings. The van der Waals surface area contributed by atoms with E-state index >= 15 is 0 Å². The Balaban J connectivity index is 1.73. The Morgan fingerprint density at radius 1 is 1.57 bits per heavy atom. The predicted octanol–water partition coefficient (Wildman–Crippen LogP) is 2.04. The highest BCUT2D eigenvalue weighted by atomic mass is 32.1. The summed E-state index contributed by atoms with van der Waals surface area (Å²) in [6.07, 6.45) is 0.955. The fourth-order valence-electron chi connectivity index (χ4n) is 2.30. The van der Waals surface area contributed by atoms with E-state index in [4.69, 9.17) is 4.74 Å². The molecule has 112 valence electrons. The number of thiophene rings is 1. The Morgan fingerprint density at radius 2 is 2.43 bits per heavy atom. The highest BCUT2D eigenvalue weighted by Gasteiger charge is 2.30. The molecule has 0 unspecified atom stereocenters. The molecule has 1 aliphatic heterocycles. The van der Waals surface area contributed by atoms with Crippen LogP contribution in [0.5, 0.6) is 0 Å². The summed E-state index contributed by atoms with van der Waals surface area (Å²) >= 11 is 1.42. The number of carbonyl (C=O) groups excluding carboxylic acids is 1. The van der Waals surface area contributed by atoms with E-state index in [0.29, 0.717) is 17.3 Å². The van der Waals surface area contributed by atoms with Gasteiger partial charge in [0.1, 0.15) is 5.82 Å². The summed E-state index contributed by atoms with van der Waals surface area (Å²) in [6.45, 7) is 5.24. The van der Waals surface area contributed by atoms with E-state index in [0.717, 1.165) is 18.9 Å². The summed E-state index contributed by atoms with van der Waals surface area (Å²) in [6, 6.07) is 3.66. The zero-order chi connectivity index (χ0) is 14.9. The van der Waals surface area contributed by atoms with Crippen molar-refractivity contribution in [2.24, 2.45) is 0 Å². The van der Waals surface area contributed by atoms with Gasteiger partial charge in [0.15, 0.2) is 5.82 Å². The van der Waals surface area contributed by atoms with Gasteiger partial charge in [0, 0.05) is 12.5 Å². The van der Waals surface area contributed by atoms with E-state index < -0.39 is 5.54 Å². The van der Waals surface area contributed by atoms with Crippen LogP contribution in [-0.4, -0.2) is 34.3 Å². The number of hydrogen-bond donors (Lipinski definition) is 2. The number of carbonyl (C=O) groups is 1. The van der Waals surface area contributed by atoms with Crippen LogP contribution in [0.3, 0.4) is 0 Å². The maximum Gasteiger partial charge on any atom is 0.262 e. The Morgan fingerprint density at radius 3 is 3.10 bits per heavy atom. The molecule has 1 saturated heterocycles. The molecule has 21 heavy (non-hydrogen) atoms. The fourth-order valence-corrected chi connectivity index (χ4v) is 2.91. The van der Waals surface area contributed by atoms with Crippen LogP contribution in [0.15, 0.2) is 17.5 Å². The van der Waals surface area contributed by atoms with E-state index in [1.54, 1.807) is 6.07 Å². The van der Waals surface area contributed by atoms with Crippen LogP contribution in [0.4, 0.5) is 0 Å². The topological polar surface area (TPSA) is 79.9 Å².